The summed E-state index contributed by atoms with van der Waals surface area (Å²) < 4.78 is 0. The summed E-state index contributed by atoms with van der Waals surface area (Å²) in [5.41, 5.74) is 7.33. The normalized spacial score (nSPS) is 19.3. The Morgan fingerprint density at radius 1 is 1.42 bits per heavy atom. The molecule has 0 bridgehead atoms. The van der Waals surface area contributed by atoms with E-state index < -0.39 is 17.9 Å². The molecular formula is C13H15N3O3. The topological polar surface area (TPSA) is 92.5 Å². The predicted octanol–water partition coefficient (Wildman–Crippen LogP) is 0.0643. The van der Waals surface area contributed by atoms with Crippen molar-refractivity contribution in [2.24, 2.45) is 0 Å². The van der Waals surface area contributed by atoms with Gasteiger partial charge < -0.3 is 10.6 Å². The number of hydrogen-bond acceptors (Lipinski definition) is 4. The number of carbonyl (C=O) groups is 3. The van der Waals surface area contributed by atoms with Crippen LogP contribution in [0.5, 0.6) is 0 Å². The maximum absolute atomic E-state index is 12.4. The smallest absolute Gasteiger partial charge is 0.255 e. The number of imide groups is 1. The number of nitrogen functional groups attached to an aromatic ring is 1. The highest BCUT2D eigenvalue weighted by molar-refractivity contribution is 6.07. The Bertz CT molecular complexity index is 568. The number of benzene rings is 1. The summed E-state index contributed by atoms with van der Waals surface area (Å²) in [5, 5.41) is 2.19. The van der Waals surface area contributed by atoms with Crippen LogP contribution in [-0.2, 0) is 9.59 Å². The highest BCUT2D eigenvalue weighted by Crippen LogP contribution is 2.19. The summed E-state index contributed by atoms with van der Waals surface area (Å²) >= 11 is 0. The van der Waals surface area contributed by atoms with Gasteiger partial charge in [0.05, 0.1) is 0 Å². The molecule has 3 N–H and O–H groups in total. The predicted molar refractivity (Wildman–Crippen MR) is 69.2 cm³/mol. The molecule has 0 spiro atoms. The fourth-order valence-electron chi connectivity index (χ4n) is 2.00. The molecule has 1 unspecified atom stereocenters. The molecule has 19 heavy (non-hydrogen) atoms. The van der Waals surface area contributed by atoms with Crippen LogP contribution in [0.2, 0.25) is 0 Å². The van der Waals surface area contributed by atoms with E-state index in [1.807, 2.05) is 0 Å². The Morgan fingerprint density at radius 2 is 2.11 bits per heavy atom. The highest BCUT2D eigenvalue weighted by Gasteiger charge is 2.34. The standard InChI is InChI=1S/C13H15N3O3/c1-7-9(4-3-5-10(7)14)13(19)16-6-11(17)15-12(18)8(16)2/h3-5,8H,6,14H2,1-2H3,(H,15,17,18). The number of nitrogens with zero attached hydrogens (tertiary/aromatic N) is 1. The van der Waals surface area contributed by atoms with Gasteiger partial charge in [0, 0.05) is 11.3 Å². The molecule has 3 amide bonds. The van der Waals surface area contributed by atoms with Crippen LogP contribution >= 0.6 is 0 Å². The fourth-order valence-corrected chi connectivity index (χ4v) is 2.00. The Morgan fingerprint density at radius 3 is 2.79 bits per heavy atom. The van der Waals surface area contributed by atoms with E-state index in [2.05, 4.69) is 5.32 Å². The van der Waals surface area contributed by atoms with Crippen LogP contribution < -0.4 is 11.1 Å². The first kappa shape index (κ1) is 13.1. The van der Waals surface area contributed by atoms with E-state index in [-0.39, 0.29) is 12.5 Å². The summed E-state index contributed by atoms with van der Waals surface area (Å²) in [7, 11) is 0. The van der Waals surface area contributed by atoms with Gasteiger partial charge in [-0.15, -0.1) is 0 Å². The first-order valence-corrected chi connectivity index (χ1v) is 5.91. The molecule has 0 radical (unpaired) electrons. The third-order valence-corrected chi connectivity index (χ3v) is 3.29. The average molecular weight is 261 g/mol. The summed E-state index contributed by atoms with van der Waals surface area (Å²) in [5.74, 6) is -1.30. The number of nitrogens with two attached hydrogens (primary N) is 1. The minimum Gasteiger partial charge on any atom is -0.398 e. The highest BCUT2D eigenvalue weighted by atomic mass is 16.2. The van der Waals surface area contributed by atoms with E-state index in [0.29, 0.717) is 16.8 Å². The van der Waals surface area contributed by atoms with Crippen LogP contribution in [0.1, 0.15) is 22.8 Å². The maximum Gasteiger partial charge on any atom is 0.255 e. The molecule has 1 aliphatic rings. The minimum atomic E-state index is -0.675. The van der Waals surface area contributed by atoms with Crippen LogP contribution in [0.15, 0.2) is 18.2 Å². The third kappa shape index (κ3) is 2.29. The molecule has 1 saturated heterocycles. The van der Waals surface area contributed by atoms with Gasteiger partial charge in [-0.2, -0.15) is 0 Å². The number of carbonyl (C=O) groups excluding carboxylic acids is 3. The first-order chi connectivity index (χ1) is 8.91. The maximum atomic E-state index is 12.4. The molecular weight excluding hydrogens is 246 g/mol. The van der Waals surface area contributed by atoms with Crippen molar-refractivity contribution in [3.63, 3.8) is 0 Å². The van der Waals surface area contributed by atoms with E-state index >= 15 is 0 Å². The Kier molecular flexibility index (Phi) is 3.25. The van der Waals surface area contributed by atoms with E-state index in [1.165, 1.54) is 4.90 Å². The largest absolute Gasteiger partial charge is 0.398 e. The van der Waals surface area contributed by atoms with Gasteiger partial charge in [0.2, 0.25) is 11.8 Å². The molecule has 6 heteroatoms. The Balaban J connectivity index is 2.35. The van der Waals surface area contributed by atoms with E-state index in [9.17, 15) is 14.4 Å². The van der Waals surface area contributed by atoms with Crippen molar-refractivity contribution in [3.05, 3.63) is 29.3 Å². The molecule has 1 aliphatic heterocycles. The molecule has 6 nitrogen and oxygen atoms in total. The molecule has 0 aliphatic carbocycles. The second-order valence-electron chi connectivity index (χ2n) is 4.54. The summed E-state index contributed by atoms with van der Waals surface area (Å²) in [6.45, 7) is 3.19. The molecule has 100 valence electrons. The van der Waals surface area contributed by atoms with Gasteiger partial charge in [-0.1, -0.05) is 6.07 Å². The van der Waals surface area contributed by atoms with Crippen LogP contribution in [0.25, 0.3) is 0 Å². The van der Waals surface area contributed by atoms with Gasteiger partial charge in [0.15, 0.2) is 0 Å². The van der Waals surface area contributed by atoms with Crippen molar-refractivity contribution in [1.29, 1.82) is 0 Å². The number of piperazine rings is 1. The second-order valence-corrected chi connectivity index (χ2v) is 4.54. The SMILES string of the molecule is Cc1c(N)cccc1C(=O)N1CC(=O)NC(=O)C1C. The van der Waals surface area contributed by atoms with E-state index in [4.69, 9.17) is 5.73 Å². The van der Waals surface area contributed by atoms with Gasteiger partial charge in [-0.05, 0) is 31.5 Å². The molecule has 1 heterocycles. The lowest BCUT2D eigenvalue weighted by atomic mass is 10.0. The monoisotopic (exact) mass is 261 g/mol. The number of rotatable bonds is 1. The molecule has 1 fully saturated rings. The van der Waals surface area contributed by atoms with Crippen molar-refractivity contribution >= 4 is 23.4 Å². The van der Waals surface area contributed by atoms with Crippen molar-refractivity contribution in [2.75, 3.05) is 12.3 Å². The molecule has 1 atom stereocenters. The summed E-state index contributed by atoms with van der Waals surface area (Å²) in [6.07, 6.45) is 0. The zero-order valence-corrected chi connectivity index (χ0v) is 10.8. The van der Waals surface area contributed by atoms with Crippen molar-refractivity contribution < 1.29 is 14.4 Å². The van der Waals surface area contributed by atoms with Crippen molar-refractivity contribution in [1.82, 2.24) is 10.2 Å². The quantitative estimate of drug-likeness (QED) is 0.552. The van der Waals surface area contributed by atoms with Gasteiger partial charge in [0.1, 0.15) is 12.6 Å². The van der Waals surface area contributed by atoms with Crippen LogP contribution in [0, 0.1) is 6.92 Å². The lowest BCUT2D eigenvalue weighted by molar-refractivity contribution is -0.138. The van der Waals surface area contributed by atoms with Gasteiger partial charge >= 0.3 is 0 Å². The Hall–Kier alpha value is -2.37. The lowest BCUT2D eigenvalue weighted by Gasteiger charge is -2.32. The summed E-state index contributed by atoms with van der Waals surface area (Å²) in [4.78, 5) is 36.6. The van der Waals surface area contributed by atoms with E-state index in [0.717, 1.165) is 0 Å². The van der Waals surface area contributed by atoms with Gasteiger partial charge in [0.25, 0.3) is 5.91 Å². The number of anilines is 1. The fraction of sp³-hybridized carbons (Fsp3) is 0.308. The molecule has 2 rings (SSSR count). The molecule has 1 aromatic carbocycles. The van der Waals surface area contributed by atoms with Crippen molar-refractivity contribution in [2.45, 2.75) is 19.9 Å². The van der Waals surface area contributed by atoms with Gasteiger partial charge in [-0.25, -0.2) is 0 Å². The minimum absolute atomic E-state index is 0.125. The Labute approximate surface area is 110 Å². The lowest BCUT2D eigenvalue weighted by Crippen LogP contribution is -2.58. The van der Waals surface area contributed by atoms with Gasteiger partial charge in [-0.3, -0.25) is 19.7 Å². The van der Waals surface area contributed by atoms with E-state index in [1.54, 1.807) is 32.0 Å². The second kappa shape index (κ2) is 4.72. The van der Waals surface area contributed by atoms with Crippen molar-refractivity contribution in [3.8, 4) is 0 Å². The number of nitrogens with one attached hydrogen (secondary N) is 1. The average Bonchev–Trinajstić information content (AvgIpc) is 2.36. The van der Waals surface area contributed by atoms with Crippen LogP contribution in [0.4, 0.5) is 5.69 Å². The molecule has 0 aromatic heterocycles. The van der Waals surface area contributed by atoms with Crippen LogP contribution in [0.3, 0.4) is 0 Å². The molecule has 1 aromatic rings. The number of amides is 3. The zero-order chi connectivity index (χ0) is 14.2. The summed E-state index contributed by atoms with van der Waals surface area (Å²) in [6, 6.07) is 4.33. The first-order valence-electron chi connectivity index (χ1n) is 5.91. The molecule has 0 saturated carbocycles. The number of hydrogen-bond donors (Lipinski definition) is 2. The third-order valence-electron chi connectivity index (χ3n) is 3.29. The zero-order valence-electron chi connectivity index (χ0n) is 10.8. The van der Waals surface area contributed by atoms with Crippen LogP contribution in [-0.4, -0.2) is 35.2 Å².